The Balaban J connectivity index is 1.79. The van der Waals surface area contributed by atoms with E-state index in [-0.39, 0.29) is 17.6 Å². The Morgan fingerprint density at radius 3 is 3.00 bits per heavy atom. The van der Waals surface area contributed by atoms with Crippen molar-refractivity contribution in [3.8, 4) is 0 Å². The summed E-state index contributed by atoms with van der Waals surface area (Å²) in [4.78, 5) is 16.2. The van der Waals surface area contributed by atoms with E-state index in [1.165, 1.54) is 0 Å². The zero-order valence-corrected chi connectivity index (χ0v) is 13.0. The Kier molecular flexibility index (Phi) is 4.38. The van der Waals surface area contributed by atoms with Crippen molar-refractivity contribution in [1.82, 2.24) is 15.6 Å². The summed E-state index contributed by atoms with van der Waals surface area (Å²) >= 11 is 0. The smallest absolute Gasteiger partial charge is 0.257 e. The predicted molar refractivity (Wildman–Crippen MR) is 90.0 cm³/mol. The molecule has 1 aliphatic rings. The number of benzene rings is 1. The van der Waals surface area contributed by atoms with E-state index in [1.54, 1.807) is 24.5 Å². The highest BCUT2D eigenvalue weighted by atomic mass is 16.1. The second-order valence-electron chi connectivity index (χ2n) is 5.99. The summed E-state index contributed by atoms with van der Waals surface area (Å²) < 4.78 is 0. The van der Waals surface area contributed by atoms with Gasteiger partial charge in [0.25, 0.3) is 5.91 Å². The van der Waals surface area contributed by atoms with Crippen LogP contribution in [-0.2, 0) is 5.54 Å². The number of rotatable bonds is 3. The standard InChI is InChI=1S/C17H21N5O/c1-17(11-20-10-15(18)22-17)13-5-2-6-14(8-13)21-16(23)12-4-3-7-19-9-12/h2-9,15,20,22H,10-11,18H2,1H3,(H,21,23). The van der Waals surface area contributed by atoms with Crippen LogP contribution in [0.2, 0.25) is 0 Å². The second kappa shape index (κ2) is 6.45. The topological polar surface area (TPSA) is 92.1 Å². The number of hydrogen-bond acceptors (Lipinski definition) is 5. The Morgan fingerprint density at radius 1 is 1.39 bits per heavy atom. The average Bonchev–Trinajstić information content (AvgIpc) is 2.56. The number of hydrogen-bond donors (Lipinski definition) is 4. The fourth-order valence-electron chi connectivity index (χ4n) is 2.81. The van der Waals surface area contributed by atoms with Gasteiger partial charge in [-0.05, 0) is 36.8 Å². The van der Waals surface area contributed by atoms with Crippen LogP contribution in [0.25, 0.3) is 0 Å². The van der Waals surface area contributed by atoms with Crippen LogP contribution in [0.5, 0.6) is 0 Å². The van der Waals surface area contributed by atoms with Gasteiger partial charge in [0.2, 0.25) is 0 Å². The van der Waals surface area contributed by atoms with Gasteiger partial charge >= 0.3 is 0 Å². The fourth-order valence-corrected chi connectivity index (χ4v) is 2.81. The van der Waals surface area contributed by atoms with Gasteiger partial charge in [-0.25, -0.2) is 0 Å². The van der Waals surface area contributed by atoms with Gasteiger partial charge in [-0.3, -0.25) is 15.1 Å². The number of nitrogens with zero attached hydrogens (tertiary/aromatic N) is 1. The first-order valence-corrected chi connectivity index (χ1v) is 7.63. The molecule has 1 aliphatic heterocycles. The molecule has 1 saturated heterocycles. The van der Waals surface area contributed by atoms with E-state index in [9.17, 15) is 4.79 Å². The molecule has 1 aromatic carbocycles. The number of amides is 1. The van der Waals surface area contributed by atoms with Crippen molar-refractivity contribution in [3.05, 3.63) is 59.9 Å². The van der Waals surface area contributed by atoms with E-state index in [1.807, 2.05) is 24.3 Å². The summed E-state index contributed by atoms with van der Waals surface area (Å²) in [6, 6.07) is 11.3. The van der Waals surface area contributed by atoms with E-state index >= 15 is 0 Å². The molecule has 0 bridgehead atoms. The second-order valence-corrected chi connectivity index (χ2v) is 5.99. The Labute approximate surface area is 135 Å². The molecule has 2 unspecified atom stereocenters. The largest absolute Gasteiger partial charge is 0.322 e. The fraction of sp³-hybridized carbons (Fsp3) is 0.294. The Bertz CT molecular complexity index is 690. The molecule has 6 heteroatoms. The molecule has 5 N–H and O–H groups in total. The first-order valence-electron chi connectivity index (χ1n) is 7.63. The monoisotopic (exact) mass is 311 g/mol. The molecule has 2 heterocycles. The maximum absolute atomic E-state index is 12.2. The zero-order valence-electron chi connectivity index (χ0n) is 13.0. The number of carbonyl (C=O) groups excluding carboxylic acids is 1. The number of anilines is 1. The van der Waals surface area contributed by atoms with Crippen molar-refractivity contribution in [1.29, 1.82) is 0 Å². The minimum Gasteiger partial charge on any atom is -0.322 e. The van der Waals surface area contributed by atoms with Crippen molar-refractivity contribution < 1.29 is 4.79 Å². The van der Waals surface area contributed by atoms with Crippen LogP contribution < -0.4 is 21.7 Å². The quantitative estimate of drug-likeness (QED) is 0.679. The van der Waals surface area contributed by atoms with Gasteiger partial charge in [-0.1, -0.05) is 12.1 Å². The SMILES string of the molecule is CC1(c2cccc(NC(=O)c3cccnc3)c2)CNCC(N)N1. The molecule has 120 valence electrons. The first-order chi connectivity index (χ1) is 11.1. The lowest BCUT2D eigenvalue weighted by Gasteiger charge is -2.39. The molecule has 0 saturated carbocycles. The van der Waals surface area contributed by atoms with Crippen LogP contribution in [0, 0.1) is 0 Å². The Morgan fingerprint density at radius 2 is 2.26 bits per heavy atom. The third-order valence-electron chi connectivity index (χ3n) is 4.03. The van der Waals surface area contributed by atoms with Gasteiger partial charge in [0.15, 0.2) is 0 Å². The van der Waals surface area contributed by atoms with Crippen molar-refractivity contribution in [3.63, 3.8) is 0 Å². The zero-order chi connectivity index (χ0) is 16.3. The molecule has 0 spiro atoms. The van der Waals surface area contributed by atoms with E-state index in [2.05, 4.69) is 27.9 Å². The molecular formula is C17H21N5O. The van der Waals surface area contributed by atoms with Crippen molar-refractivity contribution >= 4 is 11.6 Å². The maximum atomic E-state index is 12.2. The average molecular weight is 311 g/mol. The van der Waals surface area contributed by atoms with Gasteiger partial charge in [0, 0.05) is 31.2 Å². The van der Waals surface area contributed by atoms with E-state index < -0.39 is 0 Å². The number of aromatic nitrogens is 1. The molecule has 6 nitrogen and oxygen atoms in total. The van der Waals surface area contributed by atoms with E-state index in [0.717, 1.165) is 24.3 Å². The first kappa shape index (κ1) is 15.6. The number of nitrogens with two attached hydrogens (primary N) is 1. The van der Waals surface area contributed by atoms with Crippen LogP contribution in [-0.4, -0.2) is 30.1 Å². The molecule has 23 heavy (non-hydrogen) atoms. The molecular weight excluding hydrogens is 290 g/mol. The molecule has 0 aliphatic carbocycles. The van der Waals surface area contributed by atoms with E-state index in [0.29, 0.717) is 5.56 Å². The molecule has 2 atom stereocenters. The van der Waals surface area contributed by atoms with Gasteiger partial charge in [-0.2, -0.15) is 0 Å². The molecule has 3 rings (SSSR count). The van der Waals surface area contributed by atoms with Crippen LogP contribution in [0.15, 0.2) is 48.8 Å². The third kappa shape index (κ3) is 3.56. The van der Waals surface area contributed by atoms with Crippen molar-refractivity contribution in [2.24, 2.45) is 5.73 Å². The minimum atomic E-state index is -0.271. The third-order valence-corrected chi connectivity index (χ3v) is 4.03. The minimum absolute atomic E-state index is 0.0950. The number of carbonyl (C=O) groups is 1. The maximum Gasteiger partial charge on any atom is 0.257 e. The summed E-state index contributed by atoms with van der Waals surface area (Å²) in [6.45, 7) is 3.62. The predicted octanol–water partition coefficient (Wildman–Crippen LogP) is 1.03. The Hall–Kier alpha value is -2.28. The highest BCUT2D eigenvalue weighted by molar-refractivity contribution is 6.04. The summed E-state index contributed by atoms with van der Waals surface area (Å²) in [5.41, 5.74) is 8.07. The lowest BCUT2D eigenvalue weighted by molar-refractivity contribution is 0.102. The van der Waals surface area contributed by atoms with Crippen molar-refractivity contribution in [2.45, 2.75) is 18.6 Å². The van der Waals surface area contributed by atoms with Gasteiger partial charge in [-0.15, -0.1) is 0 Å². The normalized spacial score (nSPS) is 24.2. The summed E-state index contributed by atoms with van der Waals surface area (Å²) in [6.07, 6.45) is 3.09. The molecule has 0 radical (unpaired) electrons. The van der Waals surface area contributed by atoms with Crippen molar-refractivity contribution in [2.75, 3.05) is 18.4 Å². The molecule has 1 amide bonds. The van der Waals surface area contributed by atoms with E-state index in [4.69, 9.17) is 5.73 Å². The summed E-state index contributed by atoms with van der Waals surface area (Å²) in [5, 5.41) is 9.65. The van der Waals surface area contributed by atoms with Crippen LogP contribution in [0.4, 0.5) is 5.69 Å². The van der Waals surface area contributed by atoms with Crippen LogP contribution in [0.1, 0.15) is 22.8 Å². The highest BCUT2D eigenvalue weighted by Crippen LogP contribution is 2.25. The lowest BCUT2D eigenvalue weighted by atomic mass is 9.89. The highest BCUT2D eigenvalue weighted by Gasteiger charge is 2.31. The number of nitrogens with one attached hydrogen (secondary N) is 3. The van der Waals surface area contributed by atoms with Crippen LogP contribution >= 0.6 is 0 Å². The molecule has 1 fully saturated rings. The number of pyridine rings is 1. The van der Waals surface area contributed by atoms with Gasteiger partial charge in [0.05, 0.1) is 17.3 Å². The molecule has 2 aromatic rings. The van der Waals surface area contributed by atoms with Crippen LogP contribution in [0.3, 0.4) is 0 Å². The summed E-state index contributed by atoms with van der Waals surface area (Å²) in [7, 11) is 0. The van der Waals surface area contributed by atoms with Gasteiger partial charge in [0.1, 0.15) is 0 Å². The molecule has 1 aromatic heterocycles. The number of piperazine rings is 1. The lowest BCUT2D eigenvalue weighted by Crippen LogP contribution is -2.63. The summed E-state index contributed by atoms with van der Waals surface area (Å²) in [5.74, 6) is -0.174. The van der Waals surface area contributed by atoms with Gasteiger partial charge < -0.3 is 16.4 Å².